The minimum Gasteiger partial charge on any atom is -0.353 e. The third-order valence-electron chi connectivity index (χ3n) is 5.61. The SMILES string of the molecule is Cc1ccnc(N2[C@@H]3CC[C@H]2[C@@](Cc2cscn2)(C(=O)NC(C)C)C3)n1. The maximum Gasteiger partial charge on any atom is 0.228 e. The summed E-state index contributed by atoms with van der Waals surface area (Å²) in [6, 6.07) is 2.47. The van der Waals surface area contributed by atoms with Crippen LogP contribution in [-0.4, -0.2) is 39.0 Å². The van der Waals surface area contributed by atoms with Crippen molar-refractivity contribution < 1.29 is 4.79 Å². The highest BCUT2D eigenvalue weighted by Gasteiger charge is 2.60. The number of fused-ring (bicyclic) bond motifs is 2. The van der Waals surface area contributed by atoms with Crippen molar-refractivity contribution in [3.8, 4) is 0 Å². The molecule has 0 radical (unpaired) electrons. The number of aromatic nitrogens is 3. The molecule has 7 heteroatoms. The molecule has 0 spiro atoms. The number of amides is 1. The third kappa shape index (κ3) is 2.88. The highest BCUT2D eigenvalue weighted by Crippen LogP contribution is 2.52. The number of hydrogen-bond donors (Lipinski definition) is 1. The fourth-order valence-corrected chi connectivity index (χ4v) is 5.17. The summed E-state index contributed by atoms with van der Waals surface area (Å²) in [5.74, 6) is 0.903. The molecule has 26 heavy (non-hydrogen) atoms. The van der Waals surface area contributed by atoms with Gasteiger partial charge < -0.3 is 10.2 Å². The van der Waals surface area contributed by atoms with Gasteiger partial charge in [-0.05, 0) is 46.1 Å². The van der Waals surface area contributed by atoms with Crippen molar-refractivity contribution in [1.29, 1.82) is 0 Å². The van der Waals surface area contributed by atoms with Crippen molar-refractivity contribution in [1.82, 2.24) is 20.3 Å². The zero-order valence-electron chi connectivity index (χ0n) is 15.5. The van der Waals surface area contributed by atoms with Crippen LogP contribution in [0.4, 0.5) is 5.95 Å². The molecule has 2 fully saturated rings. The average molecular weight is 372 g/mol. The first kappa shape index (κ1) is 17.4. The van der Waals surface area contributed by atoms with Crippen LogP contribution >= 0.6 is 11.3 Å². The monoisotopic (exact) mass is 371 g/mol. The summed E-state index contributed by atoms with van der Waals surface area (Å²) in [6.45, 7) is 6.02. The molecule has 2 bridgehead atoms. The standard InChI is InChI=1S/C19H25N5OS/c1-12(2)22-17(25)19(8-14-10-26-11-21-14)9-15-4-5-16(19)24(15)18-20-7-6-13(3)23-18/h6-7,10-12,15-16H,4-5,8-9H2,1-3H3,(H,22,25)/t15-,16+,19+/m1/s1. The summed E-state index contributed by atoms with van der Waals surface area (Å²) < 4.78 is 0. The Morgan fingerprint density at radius 3 is 2.96 bits per heavy atom. The molecule has 4 heterocycles. The lowest BCUT2D eigenvalue weighted by Gasteiger charge is -2.36. The fourth-order valence-electron chi connectivity index (χ4n) is 4.61. The Morgan fingerprint density at radius 2 is 2.27 bits per heavy atom. The van der Waals surface area contributed by atoms with Crippen molar-refractivity contribution >= 4 is 23.2 Å². The molecule has 2 aromatic rings. The molecule has 2 saturated heterocycles. The van der Waals surface area contributed by atoms with E-state index in [0.717, 1.165) is 36.6 Å². The van der Waals surface area contributed by atoms with Gasteiger partial charge in [0.15, 0.2) is 0 Å². The average Bonchev–Trinajstić information content (AvgIpc) is 3.29. The number of thiazole rings is 1. The number of aryl methyl sites for hydroxylation is 1. The Labute approximate surface area is 158 Å². The highest BCUT2D eigenvalue weighted by molar-refractivity contribution is 7.07. The van der Waals surface area contributed by atoms with E-state index in [2.05, 4.69) is 30.5 Å². The number of nitrogens with zero attached hydrogens (tertiary/aromatic N) is 4. The van der Waals surface area contributed by atoms with Gasteiger partial charge in [0.25, 0.3) is 0 Å². The van der Waals surface area contributed by atoms with Crippen LogP contribution in [0.3, 0.4) is 0 Å². The van der Waals surface area contributed by atoms with E-state index in [-0.39, 0.29) is 18.0 Å². The topological polar surface area (TPSA) is 71.0 Å². The molecule has 2 aliphatic heterocycles. The van der Waals surface area contributed by atoms with Crippen molar-refractivity contribution in [3.05, 3.63) is 34.5 Å². The minimum absolute atomic E-state index is 0.120. The number of anilines is 1. The predicted molar refractivity (Wildman–Crippen MR) is 102 cm³/mol. The van der Waals surface area contributed by atoms with Crippen molar-refractivity contribution in [2.75, 3.05) is 4.90 Å². The minimum atomic E-state index is -0.464. The molecule has 6 nitrogen and oxygen atoms in total. The molecule has 0 unspecified atom stereocenters. The van der Waals surface area contributed by atoms with Crippen LogP contribution < -0.4 is 10.2 Å². The molecular weight excluding hydrogens is 346 g/mol. The third-order valence-corrected chi connectivity index (χ3v) is 6.24. The number of rotatable bonds is 5. The van der Waals surface area contributed by atoms with E-state index in [1.54, 1.807) is 11.3 Å². The molecule has 138 valence electrons. The van der Waals surface area contributed by atoms with Crippen molar-refractivity contribution in [2.24, 2.45) is 5.41 Å². The Hall–Kier alpha value is -2.02. The molecule has 2 aliphatic rings. The van der Waals surface area contributed by atoms with Gasteiger partial charge in [-0.1, -0.05) is 0 Å². The van der Waals surface area contributed by atoms with Gasteiger partial charge in [-0.15, -0.1) is 11.3 Å². The summed E-state index contributed by atoms with van der Waals surface area (Å²) in [6.07, 6.45) is 5.42. The van der Waals surface area contributed by atoms with E-state index in [1.807, 2.05) is 38.5 Å². The molecule has 0 aromatic carbocycles. The zero-order valence-corrected chi connectivity index (χ0v) is 16.3. The van der Waals surface area contributed by atoms with Crippen LogP contribution in [-0.2, 0) is 11.2 Å². The first-order valence-corrected chi connectivity index (χ1v) is 10.2. The first-order chi connectivity index (χ1) is 12.5. The van der Waals surface area contributed by atoms with Gasteiger partial charge in [-0.3, -0.25) is 4.79 Å². The molecule has 1 N–H and O–H groups in total. The molecule has 2 aromatic heterocycles. The lowest BCUT2D eigenvalue weighted by molar-refractivity contribution is -0.132. The van der Waals surface area contributed by atoms with Crippen LogP contribution in [0, 0.1) is 12.3 Å². The molecule has 3 atom stereocenters. The second kappa shape index (κ2) is 6.61. The summed E-state index contributed by atoms with van der Waals surface area (Å²) in [4.78, 5) is 29.3. The highest BCUT2D eigenvalue weighted by atomic mass is 32.1. The number of carbonyl (C=O) groups excluding carboxylic acids is 1. The van der Waals surface area contributed by atoms with Crippen LogP contribution in [0.5, 0.6) is 0 Å². The largest absolute Gasteiger partial charge is 0.353 e. The Morgan fingerprint density at radius 1 is 1.42 bits per heavy atom. The maximum absolute atomic E-state index is 13.3. The maximum atomic E-state index is 13.3. The Bertz CT molecular complexity index is 793. The van der Waals surface area contributed by atoms with Crippen molar-refractivity contribution in [3.63, 3.8) is 0 Å². The van der Waals surface area contributed by atoms with Gasteiger partial charge in [-0.2, -0.15) is 0 Å². The second-order valence-electron chi connectivity index (χ2n) is 7.80. The summed E-state index contributed by atoms with van der Waals surface area (Å²) in [7, 11) is 0. The zero-order chi connectivity index (χ0) is 18.3. The molecule has 4 rings (SSSR count). The Kier molecular flexibility index (Phi) is 4.42. The number of carbonyl (C=O) groups is 1. The van der Waals surface area contributed by atoms with E-state index in [4.69, 9.17) is 0 Å². The molecular formula is C19H25N5OS. The second-order valence-corrected chi connectivity index (χ2v) is 8.52. The summed E-state index contributed by atoms with van der Waals surface area (Å²) >= 11 is 1.59. The summed E-state index contributed by atoms with van der Waals surface area (Å²) in [5, 5.41) is 5.23. The first-order valence-electron chi connectivity index (χ1n) is 9.25. The lowest BCUT2D eigenvalue weighted by atomic mass is 9.70. The smallest absolute Gasteiger partial charge is 0.228 e. The molecule has 0 aliphatic carbocycles. The van der Waals surface area contributed by atoms with Crippen LogP contribution in [0.1, 0.15) is 44.5 Å². The van der Waals surface area contributed by atoms with E-state index >= 15 is 0 Å². The van der Waals surface area contributed by atoms with Gasteiger partial charge >= 0.3 is 0 Å². The number of hydrogen-bond acceptors (Lipinski definition) is 6. The van der Waals surface area contributed by atoms with Crippen molar-refractivity contribution in [2.45, 2.75) is 64.6 Å². The Balaban J connectivity index is 1.71. The summed E-state index contributed by atoms with van der Waals surface area (Å²) in [5.41, 5.74) is 3.34. The van der Waals surface area contributed by atoms with Crippen LogP contribution in [0.2, 0.25) is 0 Å². The lowest BCUT2D eigenvalue weighted by Crippen LogP contribution is -2.52. The molecule has 1 amide bonds. The van der Waals surface area contributed by atoms with Gasteiger partial charge in [0.05, 0.1) is 16.6 Å². The molecule has 0 saturated carbocycles. The van der Waals surface area contributed by atoms with Gasteiger partial charge in [0.1, 0.15) is 0 Å². The van der Waals surface area contributed by atoms with Crippen LogP contribution in [0.15, 0.2) is 23.2 Å². The van der Waals surface area contributed by atoms with Gasteiger partial charge in [0, 0.05) is 41.8 Å². The van der Waals surface area contributed by atoms with Crippen LogP contribution in [0.25, 0.3) is 0 Å². The normalized spacial score (nSPS) is 27.3. The van der Waals surface area contributed by atoms with E-state index in [0.29, 0.717) is 12.5 Å². The van der Waals surface area contributed by atoms with Gasteiger partial charge in [-0.25, -0.2) is 15.0 Å². The van der Waals surface area contributed by atoms with E-state index in [9.17, 15) is 4.79 Å². The van der Waals surface area contributed by atoms with E-state index < -0.39 is 5.41 Å². The fraction of sp³-hybridized carbons (Fsp3) is 0.579. The number of nitrogens with one attached hydrogen (secondary N) is 1. The quantitative estimate of drug-likeness (QED) is 0.875. The predicted octanol–water partition coefficient (Wildman–Crippen LogP) is 2.74. The van der Waals surface area contributed by atoms with Gasteiger partial charge in [0.2, 0.25) is 11.9 Å². The van der Waals surface area contributed by atoms with E-state index in [1.165, 1.54) is 0 Å².